The molecule has 3 rings (SSSR count). The molecule has 23 heavy (non-hydrogen) atoms. The van der Waals surface area contributed by atoms with Crippen LogP contribution in [0.25, 0.3) is 5.57 Å². The summed E-state index contributed by atoms with van der Waals surface area (Å²) in [6, 6.07) is 5.02. The molecule has 4 nitrogen and oxygen atoms in total. The summed E-state index contributed by atoms with van der Waals surface area (Å²) in [5.74, 6) is -0.470. The van der Waals surface area contributed by atoms with Crippen LogP contribution < -0.4 is 0 Å². The Morgan fingerprint density at radius 2 is 1.78 bits per heavy atom. The van der Waals surface area contributed by atoms with Gasteiger partial charge in [-0.2, -0.15) is 0 Å². The van der Waals surface area contributed by atoms with E-state index in [1.807, 2.05) is 11.8 Å². The summed E-state index contributed by atoms with van der Waals surface area (Å²) in [5, 5.41) is 0.896. The molecule has 1 saturated heterocycles. The minimum Gasteiger partial charge on any atom is -0.366 e. The zero-order valence-corrected chi connectivity index (χ0v) is 14.5. The zero-order valence-electron chi connectivity index (χ0n) is 12.9. The molecule has 2 amide bonds. The smallest absolute Gasteiger partial charge is 0.277 e. The fraction of sp³-hybridized carbons (Fsp3) is 0.412. The third-order valence-corrected chi connectivity index (χ3v) is 4.76. The first-order chi connectivity index (χ1) is 11.0. The van der Waals surface area contributed by atoms with Gasteiger partial charge in [0, 0.05) is 30.2 Å². The first-order valence-corrected chi connectivity index (χ1v) is 8.61. The summed E-state index contributed by atoms with van der Waals surface area (Å²) >= 11 is 12.3. The fourth-order valence-corrected chi connectivity index (χ4v) is 3.66. The van der Waals surface area contributed by atoms with E-state index < -0.39 is 0 Å². The van der Waals surface area contributed by atoms with Crippen LogP contribution in [0.1, 0.15) is 31.7 Å². The summed E-state index contributed by atoms with van der Waals surface area (Å²) in [6.07, 6.45) is 2.78. The number of rotatable bonds is 4. The zero-order chi connectivity index (χ0) is 16.6. The Balaban J connectivity index is 2.13. The Morgan fingerprint density at radius 1 is 1.09 bits per heavy atom. The summed E-state index contributed by atoms with van der Waals surface area (Å²) in [6.45, 7) is 3.96. The maximum Gasteiger partial charge on any atom is 0.277 e. The highest BCUT2D eigenvalue weighted by molar-refractivity contribution is 6.41. The summed E-state index contributed by atoms with van der Waals surface area (Å²) in [7, 11) is 0. The molecule has 2 aliphatic rings. The molecule has 122 valence electrons. The van der Waals surface area contributed by atoms with Crippen molar-refractivity contribution < 1.29 is 9.59 Å². The lowest BCUT2D eigenvalue weighted by molar-refractivity contribution is -0.137. The summed E-state index contributed by atoms with van der Waals surface area (Å²) in [4.78, 5) is 29.0. The van der Waals surface area contributed by atoms with Crippen LogP contribution in [-0.2, 0) is 9.59 Å². The maximum absolute atomic E-state index is 12.8. The highest BCUT2D eigenvalue weighted by Gasteiger charge is 2.42. The van der Waals surface area contributed by atoms with E-state index in [1.165, 1.54) is 4.90 Å². The molecular formula is C17H18Cl2N2O2. The van der Waals surface area contributed by atoms with Crippen molar-refractivity contribution in [2.75, 3.05) is 19.6 Å². The van der Waals surface area contributed by atoms with E-state index in [2.05, 4.69) is 0 Å². The van der Waals surface area contributed by atoms with Gasteiger partial charge in [0.1, 0.15) is 5.70 Å². The molecule has 0 radical (unpaired) electrons. The van der Waals surface area contributed by atoms with Crippen LogP contribution in [0.3, 0.4) is 0 Å². The summed E-state index contributed by atoms with van der Waals surface area (Å²) < 4.78 is 0. The Labute approximate surface area is 145 Å². The number of imide groups is 1. The molecule has 1 aromatic rings. The van der Waals surface area contributed by atoms with E-state index in [0.717, 1.165) is 32.4 Å². The van der Waals surface area contributed by atoms with Crippen molar-refractivity contribution in [3.63, 3.8) is 0 Å². The predicted molar refractivity (Wildman–Crippen MR) is 91.2 cm³/mol. The molecule has 2 aliphatic heterocycles. The third kappa shape index (κ3) is 2.86. The van der Waals surface area contributed by atoms with Crippen molar-refractivity contribution in [1.29, 1.82) is 0 Å². The van der Waals surface area contributed by atoms with E-state index in [0.29, 0.717) is 33.4 Å². The van der Waals surface area contributed by atoms with E-state index in [9.17, 15) is 9.59 Å². The van der Waals surface area contributed by atoms with Gasteiger partial charge >= 0.3 is 0 Å². The molecule has 2 heterocycles. The number of hydrogen-bond donors (Lipinski definition) is 0. The Bertz CT molecular complexity index is 694. The van der Waals surface area contributed by atoms with Crippen molar-refractivity contribution >= 4 is 40.6 Å². The SMILES string of the molecule is CCCN1C(=O)C(c2ccc(Cl)cc2Cl)=C(N2CCCC2)C1=O. The molecule has 0 spiro atoms. The minimum atomic E-state index is -0.261. The van der Waals surface area contributed by atoms with Crippen LogP contribution in [0.15, 0.2) is 23.9 Å². The van der Waals surface area contributed by atoms with Crippen LogP contribution >= 0.6 is 23.2 Å². The van der Waals surface area contributed by atoms with E-state index in [4.69, 9.17) is 23.2 Å². The van der Waals surface area contributed by atoms with Crippen LogP contribution in [0.4, 0.5) is 0 Å². The first kappa shape index (κ1) is 16.3. The summed E-state index contributed by atoms with van der Waals surface area (Å²) in [5.41, 5.74) is 1.48. The number of carbonyl (C=O) groups excluding carboxylic acids is 2. The number of likely N-dealkylation sites (tertiary alicyclic amines) is 1. The lowest BCUT2D eigenvalue weighted by Crippen LogP contribution is -2.35. The van der Waals surface area contributed by atoms with E-state index in [1.54, 1.807) is 18.2 Å². The average Bonchev–Trinajstić information content (AvgIpc) is 3.10. The van der Waals surface area contributed by atoms with Crippen molar-refractivity contribution in [3.8, 4) is 0 Å². The Hall–Kier alpha value is -1.52. The molecule has 0 unspecified atom stereocenters. The lowest BCUT2D eigenvalue weighted by atomic mass is 10.0. The second-order valence-electron chi connectivity index (χ2n) is 5.80. The molecule has 0 atom stereocenters. The van der Waals surface area contributed by atoms with Crippen LogP contribution in [0.5, 0.6) is 0 Å². The topological polar surface area (TPSA) is 40.6 Å². The monoisotopic (exact) mass is 352 g/mol. The van der Waals surface area contributed by atoms with Crippen LogP contribution in [0.2, 0.25) is 10.0 Å². The number of benzene rings is 1. The largest absolute Gasteiger partial charge is 0.366 e. The van der Waals surface area contributed by atoms with E-state index in [-0.39, 0.29) is 11.8 Å². The predicted octanol–water partition coefficient (Wildman–Crippen LogP) is 3.58. The van der Waals surface area contributed by atoms with Crippen molar-refractivity contribution in [2.24, 2.45) is 0 Å². The van der Waals surface area contributed by atoms with Gasteiger partial charge in [0.25, 0.3) is 11.8 Å². The van der Waals surface area contributed by atoms with Gasteiger partial charge in [-0.3, -0.25) is 14.5 Å². The minimum absolute atomic E-state index is 0.209. The molecule has 0 aliphatic carbocycles. The highest BCUT2D eigenvalue weighted by atomic mass is 35.5. The van der Waals surface area contributed by atoms with Crippen molar-refractivity contribution in [2.45, 2.75) is 26.2 Å². The second kappa shape index (κ2) is 6.54. The van der Waals surface area contributed by atoms with E-state index >= 15 is 0 Å². The third-order valence-electron chi connectivity index (χ3n) is 4.21. The maximum atomic E-state index is 12.8. The highest BCUT2D eigenvalue weighted by Crippen LogP contribution is 2.37. The Morgan fingerprint density at radius 3 is 2.39 bits per heavy atom. The normalized spacial score (nSPS) is 18.6. The second-order valence-corrected chi connectivity index (χ2v) is 6.65. The van der Waals surface area contributed by atoms with Crippen LogP contribution in [0, 0.1) is 0 Å². The number of amides is 2. The van der Waals surface area contributed by atoms with Gasteiger partial charge in [0.05, 0.1) is 10.6 Å². The quantitative estimate of drug-likeness (QED) is 0.777. The van der Waals surface area contributed by atoms with Gasteiger partial charge in [-0.05, 0) is 31.4 Å². The number of carbonyl (C=O) groups is 2. The molecule has 1 aromatic carbocycles. The average molecular weight is 353 g/mol. The van der Waals surface area contributed by atoms with Crippen molar-refractivity contribution in [1.82, 2.24) is 9.80 Å². The molecular weight excluding hydrogens is 335 g/mol. The van der Waals surface area contributed by atoms with Gasteiger partial charge in [0.2, 0.25) is 0 Å². The molecule has 0 bridgehead atoms. The van der Waals surface area contributed by atoms with Gasteiger partial charge in [0.15, 0.2) is 0 Å². The molecule has 1 fully saturated rings. The van der Waals surface area contributed by atoms with Gasteiger partial charge in [-0.15, -0.1) is 0 Å². The fourth-order valence-electron chi connectivity index (χ4n) is 3.16. The van der Waals surface area contributed by atoms with Crippen LogP contribution in [-0.4, -0.2) is 41.2 Å². The number of hydrogen-bond acceptors (Lipinski definition) is 3. The Kier molecular flexibility index (Phi) is 4.64. The van der Waals surface area contributed by atoms with Gasteiger partial charge < -0.3 is 4.90 Å². The lowest BCUT2D eigenvalue weighted by Gasteiger charge is -2.20. The van der Waals surface area contributed by atoms with Gasteiger partial charge in [-0.25, -0.2) is 0 Å². The number of nitrogens with zero attached hydrogens (tertiary/aromatic N) is 2. The number of halogens is 2. The molecule has 0 aromatic heterocycles. The standard InChI is InChI=1S/C17H18Cl2N2O2/c1-2-7-21-16(22)14(12-6-5-11(18)10-13(12)19)15(17(21)23)20-8-3-4-9-20/h5-6,10H,2-4,7-9H2,1H3. The first-order valence-electron chi connectivity index (χ1n) is 7.85. The van der Waals surface area contributed by atoms with Crippen molar-refractivity contribution in [3.05, 3.63) is 39.5 Å². The molecule has 0 N–H and O–H groups in total. The van der Waals surface area contributed by atoms with Gasteiger partial charge in [-0.1, -0.05) is 36.2 Å². The molecule has 6 heteroatoms. The molecule has 0 saturated carbocycles.